The predicted octanol–water partition coefficient (Wildman–Crippen LogP) is 2.40. The van der Waals surface area contributed by atoms with Gasteiger partial charge in [0.1, 0.15) is 5.84 Å². The number of carbonyl (C=O) groups is 1. The molecular formula is C21H22N4O. The number of amides is 1. The minimum absolute atomic E-state index is 0.0578. The van der Waals surface area contributed by atoms with E-state index in [-0.39, 0.29) is 5.91 Å². The fraction of sp³-hybridized carbons (Fsp3) is 0.333. The zero-order valence-corrected chi connectivity index (χ0v) is 14.7. The lowest BCUT2D eigenvalue weighted by Gasteiger charge is -2.28. The van der Waals surface area contributed by atoms with Crippen LogP contribution in [0.3, 0.4) is 0 Å². The molecule has 26 heavy (non-hydrogen) atoms. The molecule has 5 nitrogen and oxygen atoms in total. The Morgan fingerprint density at radius 1 is 1.08 bits per heavy atom. The summed E-state index contributed by atoms with van der Waals surface area (Å²) in [6, 6.07) is 8.90. The van der Waals surface area contributed by atoms with Gasteiger partial charge in [0, 0.05) is 42.1 Å². The molecule has 0 unspecified atom stereocenters. The normalized spacial score (nSPS) is 22.6. The molecule has 1 saturated heterocycles. The summed E-state index contributed by atoms with van der Waals surface area (Å²) in [7, 11) is 0. The van der Waals surface area contributed by atoms with Crippen molar-refractivity contribution in [1.29, 1.82) is 0 Å². The van der Waals surface area contributed by atoms with Crippen molar-refractivity contribution in [2.24, 2.45) is 4.99 Å². The highest BCUT2D eigenvalue weighted by Crippen LogP contribution is 2.34. The van der Waals surface area contributed by atoms with Crippen molar-refractivity contribution < 1.29 is 4.79 Å². The zero-order valence-electron chi connectivity index (χ0n) is 14.7. The first-order valence-corrected chi connectivity index (χ1v) is 9.39. The van der Waals surface area contributed by atoms with E-state index in [2.05, 4.69) is 39.8 Å². The molecule has 1 aromatic carbocycles. The van der Waals surface area contributed by atoms with Crippen molar-refractivity contribution >= 4 is 11.7 Å². The fourth-order valence-corrected chi connectivity index (χ4v) is 4.31. The Bertz CT molecular complexity index is 870. The molecule has 2 N–H and O–H groups in total. The number of amidine groups is 1. The van der Waals surface area contributed by atoms with E-state index in [9.17, 15) is 4.79 Å². The molecule has 5 heteroatoms. The first kappa shape index (κ1) is 15.6. The van der Waals surface area contributed by atoms with Gasteiger partial charge in [-0.25, -0.2) is 4.99 Å². The van der Waals surface area contributed by atoms with Crippen molar-refractivity contribution in [3.63, 3.8) is 0 Å². The lowest BCUT2D eigenvalue weighted by molar-refractivity contribution is -0.115. The van der Waals surface area contributed by atoms with Crippen molar-refractivity contribution in [2.45, 2.75) is 25.2 Å². The molecule has 0 aromatic heterocycles. The van der Waals surface area contributed by atoms with Gasteiger partial charge in [0.2, 0.25) is 5.91 Å². The molecule has 4 aliphatic rings. The van der Waals surface area contributed by atoms with Crippen molar-refractivity contribution in [1.82, 2.24) is 15.5 Å². The molecule has 0 bridgehead atoms. The molecule has 132 valence electrons. The standard InChI is InChI=1S/C21H22N4O/c26-19-6-5-17-13-23-21(25-12-9-18(24-19)20(17)25)16-3-1-14(2-4-16)15-7-10-22-11-8-15/h1-6,13,15,22H,7-12H2,(H,24,26). The van der Waals surface area contributed by atoms with Gasteiger partial charge in [-0.3, -0.25) is 4.79 Å². The summed E-state index contributed by atoms with van der Waals surface area (Å²) in [5.41, 5.74) is 5.66. The summed E-state index contributed by atoms with van der Waals surface area (Å²) >= 11 is 0. The molecule has 5 rings (SSSR count). The summed E-state index contributed by atoms with van der Waals surface area (Å²) in [6.07, 6.45) is 8.57. The highest BCUT2D eigenvalue weighted by Gasteiger charge is 2.32. The average Bonchev–Trinajstić information content (AvgIpc) is 3.03. The number of piperidine rings is 1. The third kappa shape index (κ3) is 2.59. The first-order chi connectivity index (χ1) is 12.8. The van der Waals surface area contributed by atoms with Gasteiger partial charge in [-0.05, 0) is 43.5 Å². The largest absolute Gasteiger partial charge is 0.324 e. The number of nitrogens with one attached hydrogen (secondary N) is 2. The number of aliphatic imine (C=N–C) groups is 1. The summed E-state index contributed by atoms with van der Waals surface area (Å²) in [5, 5.41) is 6.43. The van der Waals surface area contributed by atoms with E-state index in [0.717, 1.165) is 54.4 Å². The van der Waals surface area contributed by atoms with Crippen LogP contribution >= 0.6 is 0 Å². The van der Waals surface area contributed by atoms with Crippen LogP contribution in [0.25, 0.3) is 0 Å². The Morgan fingerprint density at radius 3 is 2.69 bits per heavy atom. The van der Waals surface area contributed by atoms with Crippen molar-refractivity contribution in [3.05, 3.63) is 70.7 Å². The van der Waals surface area contributed by atoms with Gasteiger partial charge in [0.25, 0.3) is 0 Å². The monoisotopic (exact) mass is 346 g/mol. The van der Waals surface area contributed by atoms with Gasteiger partial charge in [-0.1, -0.05) is 24.3 Å². The lowest BCUT2D eigenvalue weighted by Crippen LogP contribution is -2.31. The maximum Gasteiger partial charge on any atom is 0.248 e. The molecule has 0 saturated carbocycles. The van der Waals surface area contributed by atoms with Crippen LogP contribution in [-0.2, 0) is 4.79 Å². The van der Waals surface area contributed by atoms with Crippen LogP contribution < -0.4 is 10.6 Å². The number of carbonyl (C=O) groups excluding carboxylic acids is 1. The second kappa shape index (κ2) is 6.25. The van der Waals surface area contributed by atoms with E-state index in [0.29, 0.717) is 5.92 Å². The van der Waals surface area contributed by atoms with Gasteiger partial charge in [0.05, 0.1) is 5.70 Å². The SMILES string of the molecule is O=C1C=CC2=CN=C(c3ccc(C4CCNCC4)cc3)N3CCC(=C23)N1. The average molecular weight is 346 g/mol. The Balaban J connectivity index is 1.46. The third-order valence-electron chi connectivity index (χ3n) is 5.66. The molecule has 0 spiro atoms. The van der Waals surface area contributed by atoms with E-state index in [1.807, 2.05) is 12.3 Å². The van der Waals surface area contributed by atoms with Gasteiger partial charge in [0.15, 0.2) is 0 Å². The number of hydrogen-bond donors (Lipinski definition) is 2. The number of nitrogens with zero attached hydrogens (tertiary/aromatic N) is 2. The molecule has 1 fully saturated rings. The van der Waals surface area contributed by atoms with E-state index in [1.165, 1.54) is 18.4 Å². The fourth-order valence-electron chi connectivity index (χ4n) is 4.31. The molecule has 4 heterocycles. The van der Waals surface area contributed by atoms with Crippen molar-refractivity contribution in [3.8, 4) is 0 Å². The molecule has 0 aliphatic carbocycles. The molecule has 0 atom stereocenters. The van der Waals surface area contributed by atoms with Gasteiger partial charge < -0.3 is 15.5 Å². The summed E-state index contributed by atoms with van der Waals surface area (Å²) < 4.78 is 0. The van der Waals surface area contributed by atoms with Crippen LogP contribution in [0.5, 0.6) is 0 Å². The van der Waals surface area contributed by atoms with Gasteiger partial charge in [-0.2, -0.15) is 0 Å². The lowest BCUT2D eigenvalue weighted by atomic mass is 9.89. The van der Waals surface area contributed by atoms with Gasteiger partial charge >= 0.3 is 0 Å². The number of rotatable bonds is 2. The molecular weight excluding hydrogens is 324 g/mol. The third-order valence-corrected chi connectivity index (χ3v) is 5.66. The van der Waals surface area contributed by atoms with Crippen LogP contribution in [0.1, 0.15) is 36.3 Å². The molecule has 1 amide bonds. The number of allylic oxidation sites excluding steroid dienone is 1. The van der Waals surface area contributed by atoms with Crippen molar-refractivity contribution in [2.75, 3.05) is 19.6 Å². The molecule has 4 aliphatic heterocycles. The Labute approximate surface area is 153 Å². The van der Waals surface area contributed by atoms with Crippen LogP contribution in [0.4, 0.5) is 0 Å². The minimum atomic E-state index is -0.0578. The van der Waals surface area contributed by atoms with E-state index in [4.69, 9.17) is 4.99 Å². The Hall–Kier alpha value is -2.66. The van der Waals surface area contributed by atoms with E-state index >= 15 is 0 Å². The van der Waals surface area contributed by atoms with Crippen LogP contribution in [0, 0.1) is 0 Å². The summed E-state index contributed by atoms with van der Waals surface area (Å²) in [4.78, 5) is 18.8. The Kier molecular flexibility index (Phi) is 3.75. The van der Waals surface area contributed by atoms with Crippen LogP contribution in [-0.4, -0.2) is 36.3 Å². The second-order valence-corrected chi connectivity index (χ2v) is 7.23. The van der Waals surface area contributed by atoms with Crippen LogP contribution in [0.2, 0.25) is 0 Å². The van der Waals surface area contributed by atoms with E-state index < -0.39 is 0 Å². The quantitative estimate of drug-likeness (QED) is 0.865. The second-order valence-electron chi connectivity index (χ2n) is 7.23. The first-order valence-electron chi connectivity index (χ1n) is 9.39. The Morgan fingerprint density at radius 2 is 1.88 bits per heavy atom. The maximum atomic E-state index is 11.8. The smallest absolute Gasteiger partial charge is 0.248 e. The topological polar surface area (TPSA) is 56.7 Å². The zero-order chi connectivity index (χ0) is 17.5. The minimum Gasteiger partial charge on any atom is -0.324 e. The highest BCUT2D eigenvalue weighted by atomic mass is 16.1. The van der Waals surface area contributed by atoms with E-state index in [1.54, 1.807) is 6.08 Å². The summed E-state index contributed by atoms with van der Waals surface area (Å²) in [6.45, 7) is 3.07. The summed E-state index contributed by atoms with van der Waals surface area (Å²) in [5.74, 6) is 1.58. The van der Waals surface area contributed by atoms with Gasteiger partial charge in [-0.15, -0.1) is 0 Å². The number of hydrogen-bond acceptors (Lipinski definition) is 4. The predicted molar refractivity (Wildman–Crippen MR) is 102 cm³/mol. The number of benzene rings is 1. The molecule has 0 radical (unpaired) electrons. The highest BCUT2D eigenvalue weighted by molar-refractivity contribution is 6.02. The maximum absolute atomic E-state index is 11.8. The molecule has 1 aromatic rings. The van der Waals surface area contributed by atoms with Crippen LogP contribution in [0.15, 0.2) is 64.6 Å².